The van der Waals surface area contributed by atoms with Crippen molar-refractivity contribution in [1.29, 1.82) is 0 Å². The number of benzene rings is 2. The van der Waals surface area contributed by atoms with Gasteiger partial charge in [0.2, 0.25) is 15.9 Å². The summed E-state index contributed by atoms with van der Waals surface area (Å²) in [4.78, 5) is 12.2. The Morgan fingerprint density at radius 3 is 2.41 bits per heavy atom. The molecule has 0 radical (unpaired) electrons. The molecule has 2 rings (SSSR count). The standard InChI is InChI=1S/C19H25N3O4S/c1-14(15-8-6-5-7-9-15)20-13-19(23)21-16-10-11-17(26-4)18(12-16)27(24,25)22(2)3/h5-12,14,20H,13H2,1-4H3,(H,21,23)/t14-/m1/s1. The Morgan fingerprint density at radius 2 is 1.81 bits per heavy atom. The quantitative estimate of drug-likeness (QED) is 0.721. The van der Waals surface area contributed by atoms with Crippen LogP contribution in [0.5, 0.6) is 5.75 Å². The lowest BCUT2D eigenvalue weighted by molar-refractivity contribution is -0.115. The number of methoxy groups -OCH3 is 1. The van der Waals surface area contributed by atoms with Crippen molar-refractivity contribution in [2.24, 2.45) is 0 Å². The zero-order valence-electron chi connectivity index (χ0n) is 15.9. The van der Waals surface area contributed by atoms with E-state index in [0.29, 0.717) is 5.69 Å². The van der Waals surface area contributed by atoms with Crippen molar-refractivity contribution in [3.05, 3.63) is 54.1 Å². The fraction of sp³-hybridized carbons (Fsp3) is 0.316. The molecule has 27 heavy (non-hydrogen) atoms. The third-order valence-electron chi connectivity index (χ3n) is 4.07. The summed E-state index contributed by atoms with van der Waals surface area (Å²) < 4.78 is 31.1. The van der Waals surface area contributed by atoms with Crippen LogP contribution in [0.25, 0.3) is 0 Å². The van der Waals surface area contributed by atoms with Crippen LogP contribution in [-0.4, -0.2) is 46.4 Å². The monoisotopic (exact) mass is 391 g/mol. The molecule has 0 bridgehead atoms. The minimum absolute atomic E-state index is 0.00147. The first-order valence-electron chi connectivity index (χ1n) is 8.44. The summed E-state index contributed by atoms with van der Waals surface area (Å²) in [6.07, 6.45) is 0. The van der Waals surface area contributed by atoms with Crippen molar-refractivity contribution < 1.29 is 17.9 Å². The van der Waals surface area contributed by atoms with Crippen molar-refractivity contribution >= 4 is 21.6 Å². The van der Waals surface area contributed by atoms with Crippen molar-refractivity contribution in [3.8, 4) is 5.75 Å². The lowest BCUT2D eigenvalue weighted by Crippen LogP contribution is -2.30. The second-order valence-electron chi connectivity index (χ2n) is 6.21. The molecule has 2 aromatic carbocycles. The van der Waals surface area contributed by atoms with Crippen LogP contribution in [0.2, 0.25) is 0 Å². The first-order chi connectivity index (χ1) is 12.8. The number of nitrogens with zero attached hydrogens (tertiary/aromatic N) is 1. The first kappa shape index (κ1) is 20.9. The molecule has 0 aromatic heterocycles. The largest absolute Gasteiger partial charge is 0.495 e. The molecule has 8 heteroatoms. The molecular formula is C19H25N3O4S. The van der Waals surface area contributed by atoms with Gasteiger partial charge in [-0.2, -0.15) is 0 Å². The molecule has 0 aliphatic carbocycles. The second kappa shape index (κ2) is 8.98. The van der Waals surface area contributed by atoms with Crippen LogP contribution in [0.3, 0.4) is 0 Å². The van der Waals surface area contributed by atoms with Gasteiger partial charge in [0.1, 0.15) is 10.6 Å². The Morgan fingerprint density at radius 1 is 1.15 bits per heavy atom. The lowest BCUT2D eigenvalue weighted by Gasteiger charge is -2.17. The Balaban J connectivity index is 2.07. The summed E-state index contributed by atoms with van der Waals surface area (Å²) in [7, 11) is 0.580. The molecule has 0 aliphatic rings. The van der Waals surface area contributed by atoms with Gasteiger partial charge in [0.05, 0.1) is 13.7 Å². The van der Waals surface area contributed by atoms with Gasteiger partial charge < -0.3 is 15.4 Å². The van der Waals surface area contributed by atoms with Crippen LogP contribution in [0.1, 0.15) is 18.5 Å². The highest BCUT2D eigenvalue weighted by molar-refractivity contribution is 7.89. The number of ether oxygens (including phenoxy) is 1. The fourth-order valence-electron chi connectivity index (χ4n) is 2.46. The van der Waals surface area contributed by atoms with Crippen LogP contribution in [-0.2, 0) is 14.8 Å². The average Bonchev–Trinajstić information content (AvgIpc) is 2.66. The number of hydrogen-bond donors (Lipinski definition) is 2. The van der Waals surface area contributed by atoms with Gasteiger partial charge >= 0.3 is 0 Å². The van der Waals surface area contributed by atoms with Gasteiger partial charge in [-0.25, -0.2) is 12.7 Å². The zero-order valence-corrected chi connectivity index (χ0v) is 16.7. The van der Waals surface area contributed by atoms with E-state index in [4.69, 9.17) is 4.74 Å². The summed E-state index contributed by atoms with van der Waals surface area (Å²) in [6, 6.07) is 14.3. The molecule has 2 aromatic rings. The number of anilines is 1. The predicted molar refractivity (Wildman–Crippen MR) is 105 cm³/mol. The number of rotatable bonds is 8. The van der Waals surface area contributed by atoms with Gasteiger partial charge in [0, 0.05) is 25.8 Å². The van der Waals surface area contributed by atoms with Gasteiger partial charge in [-0.15, -0.1) is 0 Å². The van der Waals surface area contributed by atoms with E-state index in [0.717, 1.165) is 9.87 Å². The van der Waals surface area contributed by atoms with Crippen LogP contribution >= 0.6 is 0 Å². The molecule has 0 heterocycles. The first-order valence-corrected chi connectivity index (χ1v) is 9.88. The molecule has 146 valence electrons. The summed E-state index contributed by atoms with van der Waals surface area (Å²) in [5.41, 5.74) is 1.46. The van der Waals surface area contributed by atoms with E-state index in [1.165, 1.54) is 33.3 Å². The molecule has 1 amide bonds. The zero-order chi connectivity index (χ0) is 20.0. The Bertz CT molecular complexity index is 883. The Hall–Kier alpha value is -2.42. The van der Waals surface area contributed by atoms with Crippen molar-refractivity contribution in [2.45, 2.75) is 17.9 Å². The number of amides is 1. The molecular weight excluding hydrogens is 366 g/mol. The highest BCUT2D eigenvalue weighted by Gasteiger charge is 2.23. The molecule has 0 saturated heterocycles. The van der Waals surface area contributed by atoms with Crippen molar-refractivity contribution in [2.75, 3.05) is 33.1 Å². The summed E-state index contributed by atoms with van der Waals surface area (Å²) >= 11 is 0. The smallest absolute Gasteiger partial charge is 0.246 e. The van der Waals surface area contributed by atoms with Gasteiger partial charge in [0.15, 0.2) is 0 Å². The number of nitrogens with one attached hydrogen (secondary N) is 2. The van der Waals surface area contributed by atoms with Gasteiger partial charge in [0.25, 0.3) is 0 Å². The van der Waals surface area contributed by atoms with Gasteiger partial charge in [-0.3, -0.25) is 4.79 Å². The van der Waals surface area contributed by atoms with Gasteiger partial charge in [-0.1, -0.05) is 30.3 Å². The van der Waals surface area contributed by atoms with E-state index in [9.17, 15) is 13.2 Å². The van der Waals surface area contributed by atoms with Crippen LogP contribution in [0.4, 0.5) is 5.69 Å². The van der Waals surface area contributed by atoms with Gasteiger partial charge in [-0.05, 0) is 30.7 Å². The SMILES string of the molecule is COc1ccc(NC(=O)CN[C@H](C)c2ccccc2)cc1S(=O)(=O)N(C)C. The summed E-state index contributed by atoms with van der Waals surface area (Å²) in [6.45, 7) is 2.07. The van der Waals surface area contributed by atoms with E-state index in [2.05, 4.69) is 10.6 Å². The second-order valence-corrected chi connectivity index (χ2v) is 8.33. The minimum atomic E-state index is -3.70. The number of carbonyl (C=O) groups excluding carboxylic acids is 1. The predicted octanol–water partition coefficient (Wildman–Crippen LogP) is 2.23. The number of carbonyl (C=O) groups is 1. The third kappa shape index (κ3) is 5.29. The molecule has 0 spiro atoms. The molecule has 0 fully saturated rings. The van der Waals surface area contributed by atoms with Crippen molar-refractivity contribution in [3.63, 3.8) is 0 Å². The average molecular weight is 391 g/mol. The normalized spacial score (nSPS) is 12.6. The summed E-state index contributed by atoms with van der Waals surface area (Å²) in [5, 5.41) is 5.85. The highest BCUT2D eigenvalue weighted by atomic mass is 32.2. The van der Waals surface area contributed by atoms with E-state index in [-0.39, 0.29) is 29.1 Å². The molecule has 0 aliphatic heterocycles. The summed E-state index contributed by atoms with van der Waals surface area (Å²) in [5.74, 6) is -0.0475. The molecule has 7 nitrogen and oxygen atoms in total. The maximum atomic E-state index is 12.4. The minimum Gasteiger partial charge on any atom is -0.495 e. The lowest BCUT2D eigenvalue weighted by atomic mass is 10.1. The number of hydrogen-bond acceptors (Lipinski definition) is 5. The molecule has 0 unspecified atom stereocenters. The Kier molecular flexibility index (Phi) is 6.95. The molecule has 2 N–H and O–H groups in total. The van der Waals surface area contributed by atoms with E-state index in [1.54, 1.807) is 6.07 Å². The third-order valence-corrected chi connectivity index (χ3v) is 5.91. The Labute approximate surface area is 160 Å². The van der Waals surface area contributed by atoms with E-state index >= 15 is 0 Å². The van der Waals surface area contributed by atoms with Crippen molar-refractivity contribution in [1.82, 2.24) is 9.62 Å². The van der Waals surface area contributed by atoms with Crippen LogP contribution < -0.4 is 15.4 Å². The van der Waals surface area contributed by atoms with Crippen LogP contribution in [0.15, 0.2) is 53.4 Å². The fourth-order valence-corrected chi connectivity index (χ4v) is 3.54. The molecule has 1 atom stereocenters. The van der Waals surface area contributed by atoms with E-state index in [1.807, 2.05) is 37.3 Å². The number of sulfonamides is 1. The van der Waals surface area contributed by atoms with Crippen LogP contribution in [0, 0.1) is 0 Å². The topological polar surface area (TPSA) is 87.7 Å². The maximum absolute atomic E-state index is 12.4. The molecule has 0 saturated carbocycles. The van der Waals surface area contributed by atoms with E-state index < -0.39 is 10.0 Å². The maximum Gasteiger partial charge on any atom is 0.246 e. The highest BCUT2D eigenvalue weighted by Crippen LogP contribution is 2.28.